The van der Waals surface area contributed by atoms with Crippen LogP contribution in [0.2, 0.25) is 5.02 Å². The number of carbonyl (C=O) groups excluding carboxylic acids is 2. The number of thiophene rings is 1. The number of hydrogen-bond acceptors (Lipinski definition) is 6. The lowest BCUT2D eigenvalue weighted by molar-refractivity contribution is -0.140. The summed E-state index contributed by atoms with van der Waals surface area (Å²) in [6.07, 6.45) is 10.1. The van der Waals surface area contributed by atoms with Crippen molar-refractivity contribution in [2.75, 3.05) is 0 Å². The molecule has 2 aliphatic carbocycles. The number of aromatic nitrogens is 2. The summed E-state index contributed by atoms with van der Waals surface area (Å²) >= 11 is 8.02. The van der Waals surface area contributed by atoms with Gasteiger partial charge in [0, 0.05) is 15.5 Å². The first-order chi connectivity index (χ1) is 17.0. The van der Waals surface area contributed by atoms with Gasteiger partial charge in [-0.25, -0.2) is 9.97 Å². The maximum Gasteiger partial charge on any atom is 0.233 e. The molecular weight excluding hydrogens is 482 g/mol. The lowest BCUT2D eigenvalue weighted by Crippen LogP contribution is -2.30. The van der Waals surface area contributed by atoms with Crippen LogP contribution in [0.3, 0.4) is 0 Å². The summed E-state index contributed by atoms with van der Waals surface area (Å²) in [5, 5.41) is 0.636. The minimum atomic E-state index is -0.124. The molecule has 0 bridgehead atoms. The van der Waals surface area contributed by atoms with Crippen LogP contribution in [0.4, 0.5) is 0 Å². The van der Waals surface area contributed by atoms with Gasteiger partial charge in [0.1, 0.15) is 12.1 Å². The Morgan fingerprint density at radius 3 is 2.49 bits per heavy atom. The SMILES string of the molecule is Cc1cc(Cl)cc(-c2ncnc3cc(CN4C(=O)C5CCCC5C4=O)sc23)c1OC1CCCCC1. The summed E-state index contributed by atoms with van der Waals surface area (Å²) in [6.45, 7) is 2.32. The van der Waals surface area contributed by atoms with Crippen molar-refractivity contribution in [3.8, 4) is 17.0 Å². The summed E-state index contributed by atoms with van der Waals surface area (Å²) in [5.74, 6) is 0.543. The Morgan fingerprint density at radius 2 is 1.74 bits per heavy atom. The summed E-state index contributed by atoms with van der Waals surface area (Å²) in [7, 11) is 0. The second-order valence-electron chi connectivity index (χ2n) is 10.0. The number of rotatable bonds is 5. The van der Waals surface area contributed by atoms with Gasteiger partial charge in [-0.3, -0.25) is 14.5 Å². The summed E-state index contributed by atoms with van der Waals surface area (Å²) in [4.78, 5) is 37.2. The molecule has 6 rings (SSSR count). The molecule has 8 heteroatoms. The number of benzene rings is 1. The van der Waals surface area contributed by atoms with Crippen LogP contribution in [0.25, 0.3) is 21.5 Å². The monoisotopic (exact) mass is 509 g/mol. The summed E-state index contributed by atoms with van der Waals surface area (Å²) in [5.41, 5.74) is 3.43. The largest absolute Gasteiger partial charge is 0.489 e. The third kappa shape index (κ3) is 4.12. The number of aryl methyl sites for hydroxylation is 1. The van der Waals surface area contributed by atoms with E-state index >= 15 is 0 Å². The Balaban J connectivity index is 1.36. The van der Waals surface area contributed by atoms with Crippen LogP contribution >= 0.6 is 22.9 Å². The number of hydrogen-bond donors (Lipinski definition) is 0. The number of ether oxygens (including phenoxy) is 1. The Hall–Kier alpha value is -2.51. The molecule has 2 saturated carbocycles. The second-order valence-corrected chi connectivity index (χ2v) is 11.6. The standard InChI is InChI=1S/C27H28ClN3O3S/c1-15-10-16(28)11-21(24(15)34-17-6-3-2-4-7-17)23-25-22(29-14-30-23)12-18(35-25)13-31-26(32)19-8-5-9-20(19)27(31)33/h10-12,14,17,19-20H,2-9,13H2,1H3. The van der Waals surface area contributed by atoms with E-state index in [0.717, 1.165) is 69.8 Å². The van der Waals surface area contributed by atoms with Gasteiger partial charge >= 0.3 is 0 Å². The smallest absolute Gasteiger partial charge is 0.233 e. The molecular formula is C27H28ClN3O3S. The molecule has 35 heavy (non-hydrogen) atoms. The van der Waals surface area contributed by atoms with Gasteiger partial charge < -0.3 is 4.74 Å². The molecule has 0 radical (unpaired) electrons. The first-order valence-electron chi connectivity index (χ1n) is 12.6. The number of imide groups is 1. The van der Waals surface area contributed by atoms with Crippen molar-refractivity contribution in [3.05, 3.63) is 40.0 Å². The van der Waals surface area contributed by atoms with E-state index in [1.807, 2.05) is 25.1 Å². The van der Waals surface area contributed by atoms with E-state index in [0.29, 0.717) is 11.6 Å². The third-order valence-corrected chi connectivity index (χ3v) is 9.02. The fourth-order valence-electron chi connectivity index (χ4n) is 5.96. The van der Waals surface area contributed by atoms with Crippen molar-refractivity contribution in [3.63, 3.8) is 0 Å². The van der Waals surface area contributed by atoms with E-state index in [9.17, 15) is 9.59 Å². The fourth-order valence-corrected chi connectivity index (χ4v) is 7.33. The molecule has 0 spiro atoms. The zero-order valence-corrected chi connectivity index (χ0v) is 21.3. The van der Waals surface area contributed by atoms with Gasteiger partial charge in [-0.05, 0) is 69.2 Å². The Labute approximate surface area is 213 Å². The summed E-state index contributed by atoms with van der Waals surface area (Å²) in [6, 6.07) is 5.82. The maximum absolute atomic E-state index is 12.9. The first kappa shape index (κ1) is 22.9. The molecule has 1 saturated heterocycles. The van der Waals surface area contributed by atoms with Crippen LogP contribution in [-0.2, 0) is 16.1 Å². The van der Waals surface area contributed by atoms with Gasteiger partial charge in [-0.2, -0.15) is 0 Å². The number of halogens is 1. The van der Waals surface area contributed by atoms with Crippen LogP contribution in [0, 0.1) is 18.8 Å². The van der Waals surface area contributed by atoms with Crippen molar-refractivity contribution >= 4 is 45.0 Å². The van der Waals surface area contributed by atoms with E-state index in [1.54, 1.807) is 6.33 Å². The van der Waals surface area contributed by atoms with Crippen LogP contribution in [-0.4, -0.2) is 32.8 Å². The second kappa shape index (κ2) is 9.17. The zero-order chi connectivity index (χ0) is 24.1. The molecule has 2 atom stereocenters. The number of likely N-dealkylation sites (tertiary alicyclic amines) is 1. The molecule has 3 heterocycles. The molecule has 1 aliphatic heterocycles. The van der Waals surface area contributed by atoms with E-state index in [-0.39, 0.29) is 29.8 Å². The fraction of sp³-hybridized carbons (Fsp3) is 0.481. The van der Waals surface area contributed by atoms with E-state index < -0.39 is 0 Å². The quantitative estimate of drug-likeness (QED) is 0.376. The molecule has 3 aliphatic rings. The average Bonchev–Trinajstić information content (AvgIpc) is 3.55. The Kier molecular flexibility index (Phi) is 6.01. The van der Waals surface area contributed by atoms with Crippen molar-refractivity contribution in [2.24, 2.45) is 11.8 Å². The molecule has 6 nitrogen and oxygen atoms in total. The number of fused-ring (bicyclic) bond motifs is 2. The zero-order valence-electron chi connectivity index (χ0n) is 19.8. The van der Waals surface area contributed by atoms with Crippen LogP contribution in [0.15, 0.2) is 24.5 Å². The van der Waals surface area contributed by atoms with Crippen LogP contribution < -0.4 is 4.74 Å². The topological polar surface area (TPSA) is 72.4 Å². The van der Waals surface area contributed by atoms with Gasteiger partial charge in [0.2, 0.25) is 11.8 Å². The molecule has 1 aromatic carbocycles. The minimum Gasteiger partial charge on any atom is -0.489 e. The number of amides is 2. The molecule has 0 N–H and O–H groups in total. The van der Waals surface area contributed by atoms with Crippen LogP contribution in [0.5, 0.6) is 5.75 Å². The normalized spacial score (nSPS) is 22.9. The first-order valence-corrected chi connectivity index (χ1v) is 13.7. The minimum absolute atomic E-state index is 0.0186. The van der Waals surface area contributed by atoms with Crippen molar-refractivity contribution < 1.29 is 14.3 Å². The van der Waals surface area contributed by atoms with Gasteiger partial charge in [-0.1, -0.05) is 24.4 Å². The van der Waals surface area contributed by atoms with Crippen molar-refractivity contribution in [2.45, 2.75) is 70.9 Å². The number of nitrogens with zero attached hydrogens (tertiary/aromatic N) is 3. The molecule has 2 unspecified atom stereocenters. The van der Waals surface area contributed by atoms with Crippen molar-refractivity contribution in [1.82, 2.24) is 14.9 Å². The van der Waals surface area contributed by atoms with E-state index in [4.69, 9.17) is 16.3 Å². The summed E-state index contributed by atoms with van der Waals surface area (Å²) < 4.78 is 7.46. The molecule has 182 valence electrons. The highest BCUT2D eigenvalue weighted by Gasteiger charge is 2.49. The Morgan fingerprint density at radius 1 is 1.00 bits per heavy atom. The van der Waals surface area contributed by atoms with Crippen LogP contribution in [0.1, 0.15) is 61.8 Å². The van der Waals surface area contributed by atoms with Gasteiger partial charge in [0.25, 0.3) is 0 Å². The maximum atomic E-state index is 12.9. The highest BCUT2D eigenvalue weighted by atomic mass is 35.5. The predicted molar refractivity (Wildman–Crippen MR) is 136 cm³/mol. The van der Waals surface area contributed by atoms with Gasteiger partial charge in [0.15, 0.2) is 0 Å². The lowest BCUT2D eigenvalue weighted by atomic mass is 9.97. The highest BCUT2D eigenvalue weighted by molar-refractivity contribution is 7.19. The average molecular weight is 510 g/mol. The molecule has 3 aromatic rings. The van der Waals surface area contributed by atoms with Gasteiger partial charge in [-0.15, -0.1) is 11.3 Å². The third-order valence-electron chi connectivity index (χ3n) is 7.69. The Bertz CT molecular complexity index is 1290. The number of carbonyl (C=O) groups is 2. The highest BCUT2D eigenvalue weighted by Crippen LogP contribution is 2.43. The molecule has 2 amide bonds. The van der Waals surface area contributed by atoms with Crippen molar-refractivity contribution in [1.29, 1.82) is 0 Å². The molecule has 2 aromatic heterocycles. The van der Waals surface area contributed by atoms with E-state index in [1.165, 1.54) is 35.5 Å². The lowest BCUT2D eigenvalue weighted by Gasteiger charge is -2.25. The predicted octanol–water partition coefficient (Wildman–Crippen LogP) is 6.32. The molecule has 3 fully saturated rings. The van der Waals surface area contributed by atoms with E-state index in [2.05, 4.69) is 9.97 Å². The van der Waals surface area contributed by atoms with Gasteiger partial charge in [0.05, 0.1) is 40.4 Å².